The number of amides is 4. The molecule has 0 saturated carbocycles. The number of nitrogens with two attached hydrogens (primary N) is 2. The highest BCUT2D eigenvalue weighted by atomic mass is 16.4. The topological polar surface area (TPSA) is 271 Å². The lowest BCUT2D eigenvalue weighted by atomic mass is 10.0. The molecule has 15 nitrogen and oxygen atoms in total. The second kappa shape index (κ2) is 15.1. The van der Waals surface area contributed by atoms with E-state index < -0.39 is 78.7 Å². The van der Waals surface area contributed by atoms with Gasteiger partial charge in [-0.25, -0.2) is 4.79 Å². The summed E-state index contributed by atoms with van der Waals surface area (Å²) in [5.41, 5.74) is 11.2. The molecule has 5 atom stereocenters. The number of benzene rings is 1. The normalized spacial score (nSPS) is 14.7. The van der Waals surface area contributed by atoms with Crippen molar-refractivity contribution in [1.29, 1.82) is 0 Å². The van der Waals surface area contributed by atoms with Crippen molar-refractivity contribution in [1.82, 2.24) is 16.0 Å². The van der Waals surface area contributed by atoms with Gasteiger partial charge in [-0.1, -0.05) is 12.1 Å². The molecule has 0 heterocycles. The molecule has 0 fully saturated rings. The summed E-state index contributed by atoms with van der Waals surface area (Å²) >= 11 is 0. The van der Waals surface area contributed by atoms with Crippen LogP contribution < -0.4 is 27.4 Å². The highest BCUT2D eigenvalue weighted by molar-refractivity contribution is 5.94. The maximum absolute atomic E-state index is 12.9. The minimum absolute atomic E-state index is 0.0417. The fourth-order valence-corrected chi connectivity index (χ4v) is 3.23. The first-order valence-electron chi connectivity index (χ1n) is 11.6. The quantitative estimate of drug-likeness (QED) is 0.104. The van der Waals surface area contributed by atoms with E-state index in [2.05, 4.69) is 16.0 Å². The van der Waals surface area contributed by atoms with Crippen LogP contribution in [0.4, 0.5) is 0 Å². The highest BCUT2D eigenvalue weighted by Gasteiger charge is 2.33. The number of aromatic hydroxyl groups is 1. The van der Waals surface area contributed by atoms with Crippen LogP contribution in [0.15, 0.2) is 24.3 Å². The molecule has 0 bridgehead atoms. The van der Waals surface area contributed by atoms with Gasteiger partial charge >= 0.3 is 11.9 Å². The summed E-state index contributed by atoms with van der Waals surface area (Å²) in [6.45, 7) is 1.16. The zero-order valence-corrected chi connectivity index (χ0v) is 20.6. The van der Waals surface area contributed by atoms with E-state index in [1.54, 1.807) is 0 Å². The van der Waals surface area contributed by atoms with Crippen LogP contribution in [0.25, 0.3) is 0 Å². The predicted molar refractivity (Wildman–Crippen MR) is 130 cm³/mol. The van der Waals surface area contributed by atoms with Gasteiger partial charge in [0.15, 0.2) is 0 Å². The van der Waals surface area contributed by atoms with Crippen LogP contribution in [0.5, 0.6) is 5.75 Å². The fraction of sp³-hybridized carbons (Fsp3) is 0.478. The summed E-state index contributed by atoms with van der Waals surface area (Å²) in [5.74, 6) is -6.40. The number of primary amides is 1. The number of aliphatic carboxylic acids is 2. The third-order valence-corrected chi connectivity index (χ3v) is 5.37. The van der Waals surface area contributed by atoms with E-state index >= 15 is 0 Å². The van der Waals surface area contributed by atoms with Crippen LogP contribution in [-0.4, -0.2) is 86.3 Å². The van der Waals surface area contributed by atoms with Gasteiger partial charge < -0.3 is 47.8 Å². The van der Waals surface area contributed by atoms with Crippen molar-refractivity contribution in [2.24, 2.45) is 11.5 Å². The summed E-state index contributed by atoms with van der Waals surface area (Å²) in [4.78, 5) is 71.7. The van der Waals surface area contributed by atoms with Gasteiger partial charge in [0.2, 0.25) is 23.6 Å². The lowest BCUT2D eigenvalue weighted by molar-refractivity contribution is -0.143. The molecule has 0 aromatic heterocycles. The van der Waals surface area contributed by atoms with Crippen LogP contribution in [0.1, 0.15) is 38.2 Å². The number of carboxylic acid groups (broad SMARTS) is 2. The Bertz CT molecular complexity index is 1010. The lowest BCUT2D eigenvalue weighted by Gasteiger charge is -2.26. The number of nitrogens with one attached hydrogen (secondary N) is 3. The molecular formula is C23H33N5O10. The lowest BCUT2D eigenvalue weighted by Crippen LogP contribution is -2.60. The van der Waals surface area contributed by atoms with Crippen molar-refractivity contribution in [2.45, 2.75) is 69.3 Å². The summed E-state index contributed by atoms with van der Waals surface area (Å²) < 4.78 is 0. The number of hydrogen-bond acceptors (Lipinski definition) is 9. The molecule has 0 spiro atoms. The number of phenolic OH excluding ortho intramolecular Hbond substituents is 1. The van der Waals surface area contributed by atoms with E-state index in [4.69, 9.17) is 16.6 Å². The molecule has 1 rings (SSSR count). The van der Waals surface area contributed by atoms with Crippen LogP contribution in [0.2, 0.25) is 0 Å². The summed E-state index contributed by atoms with van der Waals surface area (Å²) in [5, 5.41) is 44.7. The second-order valence-corrected chi connectivity index (χ2v) is 8.60. The van der Waals surface area contributed by atoms with E-state index in [-0.39, 0.29) is 25.0 Å². The largest absolute Gasteiger partial charge is 0.508 e. The van der Waals surface area contributed by atoms with Gasteiger partial charge in [0.1, 0.15) is 23.9 Å². The van der Waals surface area contributed by atoms with Crippen LogP contribution in [-0.2, 0) is 35.2 Å². The van der Waals surface area contributed by atoms with Crippen LogP contribution >= 0.6 is 0 Å². The molecule has 38 heavy (non-hydrogen) atoms. The number of carbonyl (C=O) groups excluding carboxylic acids is 4. The van der Waals surface area contributed by atoms with Gasteiger partial charge in [0.25, 0.3) is 0 Å². The number of phenols is 1. The average Bonchev–Trinajstić information content (AvgIpc) is 2.83. The molecule has 210 valence electrons. The van der Waals surface area contributed by atoms with E-state index in [1.807, 2.05) is 0 Å². The Hall–Kier alpha value is -4.24. The van der Waals surface area contributed by atoms with Crippen molar-refractivity contribution in [2.75, 3.05) is 0 Å². The van der Waals surface area contributed by atoms with E-state index in [0.29, 0.717) is 5.56 Å². The molecule has 11 N–H and O–H groups in total. The Labute approximate surface area is 217 Å². The first-order valence-corrected chi connectivity index (χ1v) is 11.6. The van der Waals surface area contributed by atoms with Crippen molar-refractivity contribution in [3.05, 3.63) is 29.8 Å². The molecule has 0 aliphatic rings. The minimum atomic E-state index is -1.67. The standard InChI is InChI=1S/C23H33N5O10/c1-11(29)19(22(36)27-16(23(37)38)10-12-2-4-13(30)5-3-12)28-21(35)15(7-9-18(32)33)26-20(34)14(24)6-8-17(25)31/h2-5,11,14-16,19,29-30H,6-10,24H2,1H3,(H2,25,31)(H,26,34)(H,27,36)(H,28,35)(H,32,33)(H,37,38). The molecule has 5 unspecified atom stereocenters. The Balaban J connectivity index is 2.98. The summed E-state index contributed by atoms with van der Waals surface area (Å²) in [6, 6.07) is -0.285. The molecular weight excluding hydrogens is 506 g/mol. The Kier molecular flexibility index (Phi) is 12.6. The molecule has 0 saturated heterocycles. The minimum Gasteiger partial charge on any atom is -0.508 e. The number of aliphatic hydroxyl groups is 1. The Morgan fingerprint density at radius 3 is 1.92 bits per heavy atom. The van der Waals surface area contributed by atoms with Crippen molar-refractivity contribution in [3.63, 3.8) is 0 Å². The van der Waals surface area contributed by atoms with Gasteiger partial charge in [-0.3, -0.25) is 24.0 Å². The summed E-state index contributed by atoms with van der Waals surface area (Å²) in [7, 11) is 0. The number of carbonyl (C=O) groups is 6. The van der Waals surface area contributed by atoms with Gasteiger partial charge in [-0.2, -0.15) is 0 Å². The number of aliphatic hydroxyl groups excluding tert-OH is 1. The third-order valence-electron chi connectivity index (χ3n) is 5.37. The Morgan fingerprint density at radius 1 is 0.842 bits per heavy atom. The average molecular weight is 540 g/mol. The van der Waals surface area contributed by atoms with Crippen LogP contribution in [0.3, 0.4) is 0 Å². The van der Waals surface area contributed by atoms with Gasteiger partial charge in [-0.15, -0.1) is 0 Å². The maximum Gasteiger partial charge on any atom is 0.326 e. The van der Waals surface area contributed by atoms with Crippen molar-refractivity contribution in [3.8, 4) is 5.75 Å². The first-order chi connectivity index (χ1) is 17.7. The highest BCUT2D eigenvalue weighted by Crippen LogP contribution is 2.12. The first kappa shape index (κ1) is 31.8. The van der Waals surface area contributed by atoms with Gasteiger partial charge in [0.05, 0.1) is 12.1 Å². The maximum atomic E-state index is 12.9. The number of carboxylic acids is 2. The van der Waals surface area contributed by atoms with Crippen molar-refractivity contribution >= 4 is 35.6 Å². The van der Waals surface area contributed by atoms with Gasteiger partial charge in [-0.05, 0) is 37.5 Å². The summed E-state index contributed by atoms with van der Waals surface area (Å²) in [6.07, 6.45) is -2.99. The molecule has 4 amide bonds. The molecule has 0 aliphatic carbocycles. The van der Waals surface area contributed by atoms with Crippen LogP contribution in [0, 0.1) is 0 Å². The predicted octanol–water partition coefficient (Wildman–Crippen LogP) is -2.69. The molecule has 0 aliphatic heterocycles. The van der Waals surface area contributed by atoms with Gasteiger partial charge in [0, 0.05) is 19.3 Å². The van der Waals surface area contributed by atoms with Crippen molar-refractivity contribution < 1.29 is 49.2 Å². The third kappa shape index (κ3) is 11.2. The zero-order valence-electron chi connectivity index (χ0n) is 20.6. The second-order valence-electron chi connectivity index (χ2n) is 8.60. The van der Waals surface area contributed by atoms with E-state index in [9.17, 15) is 44.1 Å². The molecule has 1 aromatic carbocycles. The molecule has 15 heteroatoms. The molecule has 0 radical (unpaired) electrons. The zero-order chi connectivity index (χ0) is 29.0. The SMILES string of the molecule is CC(O)C(NC(=O)C(CCC(=O)O)NC(=O)C(N)CCC(N)=O)C(=O)NC(Cc1ccc(O)cc1)C(=O)O. The fourth-order valence-electron chi connectivity index (χ4n) is 3.23. The number of rotatable bonds is 16. The van der Waals surface area contributed by atoms with E-state index in [0.717, 1.165) is 6.92 Å². The smallest absolute Gasteiger partial charge is 0.326 e. The number of hydrogen-bond donors (Lipinski definition) is 9. The van der Waals surface area contributed by atoms with E-state index in [1.165, 1.54) is 24.3 Å². The Morgan fingerprint density at radius 2 is 1.42 bits per heavy atom. The monoisotopic (exact) mass is 539 g/mol. The molecule has 1 aromatic rings.